The summed E-state index contributed by atoms with van der Waals surface area (Å²) in [7, 11) is 0. The predicted molar refractivity (Wildman–Crippen MR) is 170 cm³/mol. The Bertz CT molecular complexity index is 2030. The molecule has 0 amide bonds. The summed E-state index contributed by atoms with van der Waals surface area (Å²) in [4.78, 5) is 13.4. The summed E-state index contributed by atoms with van der Waals surface area (Å²) in [6.45, 7) is 2.59. The van der Waals surface area contributed by atoms with Gasteiger partial charge in [-0.2, -0.15) is 9.97 Å². The van der Waals surface area contributed by atoms with Gasteiger partial charge in [-0.3, -0.25) is 4.90 Å². The predicted octanol–water partition coefficient (Wildman–Crippen LogP) is 5.62. The van der Waals surface area contributed by atoms with Crippen LogP contribution in [0.3, 0.4) is 0 Å². The van der Waals surface area contributed by atoms with Crippen molar-refractivity contribution in [3.63, 3.8) is 0 Å². The zero-order chi connectivity index (χ0) is 31.7. The SMILES string of the molecule is C#Cc1c(F)ccc2cc(N)cc(-c3c(F)cc4c(N5CC6C=CC(C5)N6)nc(OC[C@@]56CCCN5C/C(=C/F)C6)nc4c3F)c12. The molecular formula is C35H30F4N6O. The Morgan fingerprint density at radius 1 is 1.11 bits per heavy atom. The summed E-state index contributed by atoms with van der Waals surface area (Å²) < 4.78 is 67.7. The highest BCUT2D eigenvalue weighted by molar-refractivity contribution is 6.05. The van der Waals surface area contributed by atoms with Gasteiger partial charge < -0.3 is 20.7 Å². The lowest BCUT2D eigenvalue weighted by Crippen LogP contribution is -2.52. The van der Waals surface area contributed by atoms with Crippen LogP contribution >= 0.6 is 0 Å². The highest BCUT2D eigenvalue weighted by atomic mass is 19.1. The van der Waals surface area contributed by atoms with Gasteiger partial charge in [-0.05, 0) is 66.6 Å². The van der Waals surface area contributed by atoms with Crippen molar-refractivity contribution in [1.82, 2.24) is 20.2 Å². The Labute approximate surface area is 262 Å². The quantitative estimate of drug-likeness (QED) is 0.129. The van der Waals surface area contributed by atoms with E-state index in [1.165, 1.54) is 24.3 Å². The second-order valence-electron chi connectivity index (χ2n) is 12.7. The van der Waals surface area contributed by atoms with Crippen LogP contribution in [0.4, 0.5) is 29.1 Å². The average molecular weight is 627 g/mol. The van der Waals surface area contributed by atoms with Gasteiger partial charge in [-0.15, -0.1) is 6.42 Å². The van der Waals surface area contributed by atoms with Crippen molar-refractivity contribution in [2.45, 2.75) is 36.9 Å². The maximum absolute atomic E-state index is 16.9. The number of nitrogens with two attached hydrogens (primary N) is 1. The van der Waals surface area contributed by atoms with Crippen molar-refractivity contribution in [1.29, 1.82) is 0 Å². The van der Waals surface area contributed by atoms with Gasteiger partial charge in [0.15, 0.2) is 5.82 Å². The van der Waals surface area contributed by atoms with Gasteiger partial charge in [-0.25, -0.2) is 17.6 Å². The molecule has 0 aliphatic carbocycles. The number of benzene rings is 3. The van der Waals surface area contributed by atoms with Crippen molar-refractivity contribution < 1.29 is 22.3 Å². The number of fused-ring (bicyclic) bond motifs is 5. The third kappa shape index (κ3) is 4.50. The van der Waals surface area contributed by atoms with Gasteiger partial charge in [0.25, 0.3) is 0 Å². The fraction of sp³-hybridized carbons (Fsp3) is 0.314. The second kappa shape index (κ2) is 10.7. The highest BCUT2D eigenvalue weighted by Crippen LogP contribution is 2.43. The van der Waals surface area contributed by atoms with Gasteiger partial charge in [0, 0.05) is 48.2 Å². The lowest BCUT2D eigenvalue weighted by atomic mass is 9.92. The first kappa shape index (κ1) is 28.8. The third-order valence-electron chi connectivity index (χ3n) is 9.80. The van der Waals surface area contributed by atoms with Crippen LogP contribution in [0.25, 0.3) is 32.8 Å². The van der Waals surface area contributed by atoms with Crippen molar-refractivity contribution in [2.24, 2.45) is 0 Å². The Morgan fingerprint density at radius 3 is 2.67 bits per heavy atom. The molecule has 8 rings (SSSR count). The topological polar surface area (TPSA) is 79.5 Å². The van der Waals surface area contributed by atoms with E-state index in [4.69, 9.17) is 21.9 Å². The van der Waals surface area contributed by atoms with Crippen molar-refractivity contribution in [3.05, 3.63) is 77.4 Å². The fourth-order valence-electron chi connectivity index (χ4n) is 7.77. The van der Waals surface area contributed by atoms with E-state index in [1.807, 2.05) is 4.90 Å². The normalized spacial score (nSPS) is 24.8. The minimum atomic E-state index is -0.969. The van der Waals surface area contributed by atoms with Crippen molar-refractivity contribution in [3.8, 4) is 29.5 Å². The zero-order valence-electron chi connectivity index (χ0n) is 24.8. The largest absolute Gasteiger partial charge is 0.461 e. The Morgan fingerprint density at radius 2 is 1.91 bits per heavy atom. The summed E-state index contributed by atoms with van der Waals surface area (Å²) in [6.07, 6.45) is 12.8. The summed E-state index contributed by atoms with van der Waals surface area (Å²) in [5.41, 5.74) is 5.99. The summed E-state index contributed by atoms with van der Waals surface area (Å²) in [5.74, 6) is 0.119. The minimum Gasteiger partial charge on any atom is -0.461 e. The molecular weight excluding hydrogens is 596 g/mol. The van der Waals surface area contributed by atoms with Crippen LogP contribution in [-0.4, -0.2) is 65.3 Å². The van der Waals surface area contributed by atoms with E-state index in [2.05, 4.69) is 33.3 Å². The molecule has 1 aromatic heterocycles. The van der Waals surface area contributed by atoms with Crippen molar-refractivity contribution in [2.75, 3.05) is 43.4 Å². The number of nitrogen functional groups attached to an aromatic ring is 1. The van der Waals surface area contributed by atoms with Gasteiger partial charge in [-0.1, -0.05) is 24.1 Å². The number of anilines is 2. The Hall–Kier alpha value is -4.66. The summed E-state index contributed by atoms with van der Waals surface area (Å²) >= 11 is 0. The molecule has 11 heteroatoms. The van der Waals surface area contributed by atoms with E-state index in [9.17, 15) is 8.78 Å². The summed E-state index contributed by atoms with van der Waals surface area (Å²) in [6, 6.07) is 6.88. The molecule has 2 bridgehead atoms. The molecule has 0 spiro atoms. The smallest absolute Gasteiger partial charge is 0.319 e. The van der Waals surface area contributed by atoms with E-state index < -0.39 is 28.6 Å². The standard InChI is InChI=1S/C35H30F4N6O/c1-2-24-27(37)7-4-20-10-21(40)11-25(29(20)24)30-28(38)12-26-32(31(30)39)42-34(43-33(26)44-16-22-5-6-23(17-44)41-22)46-18-35-8-3-9-45(35)15-19(13-35)14-36/h1,4-7,10-12,14,22-23,41H,3,8-9,13,15-18,40H2/b19-14+/t22?,23?,35-/m0/s1. The second-order valence-corrected chi connectivity index (χ2v) is 12.7. The van der Waals surface area contributed by atoms with Crippen LogP contribution in [0.2, 0.25) is 0 Å². The molecule has 3 atom stereocenters. The molecule has 4 aliphatic rings. The monoisotopic (exact) mass is 626 g/mol. The van der Waals surface area contributed by atoms with Crippen LogP contribution < -0.4 is 20.7 Å². The first-order chi connectivity index (χ1) is 22.3. The first-order valence-corrected chi connectivity index (χ1v) is 15.3. The number of nitrogens with zero attached hydrogens (tertiary/aromatic N) is 4. The van der Waals surface area contributed by atoms with Crippen molar-refractivity contribution >= 4 is 33.2 Å². The number of hydrogen-bond acceptors (Lipinski definition) is 7. The van der Waals surface area contributed by atoms with Gasteiger partial charge >= 0.3 is 6.01 Å². The molecule has 46 heavy (non-hydrogen) atoms. The summed E-state index contributed by atoms with van der Waals surface area (Å²) in [5, 5.41) is 4.25. The van der Waals surface area contributed by atoms with Crippen LogP contribution in [0.5, 0.6) is 6.01 Å². The number of piperazine rings is 1. The molecule has 0 radical (unpaired) electrons. The molecule has 4 aliphatic heterocycles. The molecule has 7 nitrogen and oxygen atoms in total. The van der Waals surface area contributed by atoms with E-state index in [1.54, 1.807) is 6.07 Å². The molecule has 2 unspecified atom stereocenters. The Balaban J connectivity index is 1.30. The number of halogens is 4. The number of aromatic nitrogens is 2. The molecule has 4 aromatic rings. The maximum Gasteiger partial charge on any atom is 0.319 e. The van der Waals surface area contributed by atoms with Crippen LogP contribution in [0, 0.1) is 29.8 Å². The number of hydrogen-bond donors (Lipinski definition) is 2. The molecule has 3 aromatic carbocycles. The zero-order valence-corrected chi connectivity index (χ0v) is 24.8. The van der Waals surface area contributed by atoms with E-state index in [0.717, 1.165) is 19.4 Å². The van der Waals surface area contributed by atoms with Gasteiger partial charge in [0.05, 0.1) is 23.0 Å². The van der Waals surface area contributed by atoms with E-state index in [-0.39, 0.29) is 57.8 Å². The minimum absolute atomic E-state index is 0.0170. The molecule has 234 valence electrons. The third-order valence-corrected chi connectivity index (χ3v) is 9.80. The van der Waals surface area contributed by atoms with E-state index in [0.29, 0.717) is 49.2 Å². The van der Waals surface area contributed by atoms with Gasteiger partial charge in [0.2, 0.25) is 0 Å². The number of nitrogens with one attached hydrogen (secondary N) is 1. The molecule has 3 N–H and O–H groups in total. The molecule has 5 heterocycles. The fourth-order valence-corrected chi connectivity index (χ4v) is 7.77. The van der Waals surface area contributed by atoms with Gasteiger partial charge in [0.1, 0.15) is 29.6 Å². The van der Waals surface area contributed by atoms with E-state index >= 15 is 8.78 Å². The first-order valence-electron chi connectivity index (χ1n) is 15.3. The maximum atomic E-state index is 16.9. The lowest BCUT2D eigenvalue weighted by molar-refractivity contribution is 0.108. The lowest BCUT2D eigenvalue weighted by Gasteiger charge is -2.35. The highest BCUT2D eigenvalue weighted by Gasteiger charge is 2.47. The van der Waals surface area contributed by atoms with Crippen LogP contribution in [0.15, 0.2) is 54.4 Å². The van der Waals surface area contributed by atoms with Crippen LogP contribution in [0.1, 0.15) is 24.8 Å². The average Bonchev–Trinajstić information content (AvgIpc) is 3.71. The number of ether oxygens (including phenoxy) is 1. The molecule has 3 saturated heterocycles. The molecule has 0 saturated carbocycles. The number of terminal acetylenes is 1. The molecule has 3 fully saturated rings. The Kier molecular flexibility index (Phi) is 6.70. The van der Waals surface area contributed by atoms with Crippen LogP contribution in [-0.2, 0) is 0 Å². The number of rotatable bonds is 5.